The summed E-state index contributed by atoms with van der Waals surface area (Å²) in [6, 6.07) is 0.0785. The Bertz CT molecular complexity index is 336. The average Bonchev–Trinajstić information content (AvgIpc) is 2.45. The van der Waals surface area contributed by atoms with Crippen LogP contribution in [-0.2, 0) is 4.74 Å². The minimum atomic E-state index is -4.06. The Morgan fingerprint density at radius 2 is 1.73 bits per heavy atom. The Hall–Kier alpha value is -0.370. The summed E-state index contributed by atoms with van der Waals surface area (Å²) in [5, 5.41) is 13.7. The van der Waals surface area contributed by atoms with Gasteiger partial charge in [0.05, 0.1) is 24.7 Å². The maximum Gasteiger partial charge on any atom is 0.391 e. The third kappa shape index (κ3) is 5.68. The number of halogens is 3. The summed E-state index contributed by atoms with van der Waals surface area (Å²) in [6.07, 6.45) is -2.64. The standard InChI is InChI=1S/C15H27F3N2O2/c1-14(21,11-20-6-8-22-9-7-20)10-19-13-4-2-12(3-5-13)15(16,17)18/h12-13,19,21H,2-11H2,1H3/t12?,13?,14-/m0/s1. The van der Waals surface area contributed by atoms with E-state index in [0.29, 0.717) is 39.1 Å². The molecule has 4 nitrogen and oxygen atoms in total. The van der Waals surface area contributed by atoms with Crippen LogP contribution in [0.4, 0.5) is 13.2 Å². The van der Waals surface area contributed by atoms with E-state index in [1.165, 1.54) is 0 Å². The average molecular weight is 324 g/mol. The second-order valence-electron chi connectivity index (χ2n) is 6.86. The monoisotopic (exact) mass is 324 g/mol. The Morgan fingerprint density at radius 1 is 1.14 bits per heavy atom. The molecule has 0 aromatic carbocycles. The summed E-state index contributed by atoms with van der Waals surface area (Å²) in [5.74, 6) is -1.15. The number of aliphatic hydroxyl groups is 1. The molecule has 2 aliphatic rings. The van der Waals surface area contributed by atoms with Gasteiger partial charge in [0.1, 0.15) is 0 Å². The molecule has 1 aliphatic heterocycles. The predicted molar refractivity (Wildman–Crippen MR) is 77.7 cm³/mol. The first-order valence-electron chi connectivity index (χ1n) is 8.09. The van der Waals surface area contributed by atoms with Crippen molar-refractivity contribution in [3.05, 3.63) is 0 Å². The minimum absolute atomic E-state index is 0.0785. The van der Waals surface area contributed by atoms with Gasteiger partial charge in [-0.15, -0.1) is 0 Å². The van der Waals surface area contributed by atoms with Crippen LogP contribution in [0.3, 0.4) is 0 Å². The summed E-state index contributed by atoms with van der Waals surface area (Å²) < 4.78 is 43.2. The first kappa shape index (κ1) is 18.0. The number of nitrogens with one attached hydrogen (secondary N) is 1. The lowest BCUT2D eigenvalue weighted by atomic mass is 9.85. The molecular formula is C15H27F3N2O2. The Morgan fingerprint density at radius 3 is 2.27 bits per heavy atom. The fourth-order valence-electron chi connectivity index (χ4n) is 3.29. The SMILES string of the molecule is C[C@](O)(CNC1CCC(C(F)(F)F)CC1)CN1CCOCC1. The van der Waals surface area contributed by atoms with E-state index in [2.05, 4.69) is 10.2 Å². The minimum Gasteiger partial charge on any atom is -0.388 e. The molecule has 2 fully saturated rings. The second kappa shape index (κ2) is 7.47. The number of rotatable bonds is 5. The van der Waals surface area contributed by atoms with E-state index < -0.39 is 17.7 Å². The number of hydrogen-bond acceptors (Lipinski definition) is 4. The van der Waals surface area contributed by atoms with Gasteiger partial charge in [0.25, 0.3) is 0 Å². The van der Waals surface area contributed by atoms with Gasteiger partial charge in [-0.25, -0.2) is 0 Å². The van der Waals surface area contributed by atoms with Crippen molar-refractivity contribution in [2.45, 2.75) is 50.4 Å². The van der Waals surface area contributed by atoms with Crippen LogP contribution in [0.15, 0.2) is 0 Å². The highest BCUT2D eigenvalue weighted by Crippen LogP contribution is 2.37. The van der Waals surface area contributed by atoms with Gasteiger partial charge >= 0.3 is 6.18 Å². The van der Waals surface area contributed by atoms with E-state index in [-0.39, 0.29) is 18.9 Å². The molecule has 1 saturated carbocycles. The molecule has 1 atom stereocenters. The van der Waals surface area contributed by atoms with Crippen LogP contribution >= 0.6 is 0 Å². The number of hydrogen-bond donors (Lipinski definition) is 2. The number of morpholine rings is 1. The first-order valence-corrected chi connectivity index (χ1v) is 8.09. The smallest absolute Gasteiger partial charge is 0.388 e. The van der Waals surface area contributed by atoms with Gasteiger partial charge in [-0.3, -0.25) is 4.90 Å². The predicted octanol–water partition coefficient (Wildman–Crippen LogP) is 1.78. The van der Waals surface area contributed by atoms with Crippen LogP contribution in [-0.4, -0.2) is 67.2 Å². The van der Waals surface area contributed by atoms with Gasteiger partial charge < -0.3 is 15.2 Å². The van der Waals surface area contributed by atoms with Crippen molar-refractivity contribution in [3.8, 4) is 0 Å². The normalized spacial score (nSPS) is 31.0. The van der Waals surface area contributed by atoms with E-state index in [9.17, 15) is 18.3 Å². The van der Waals surface area contributed by atoms with E-state index in [0.717, 1.165) is 13.1 Å². The summed E-state index contributed by atoms with van der Waals surface area (Å²) in [7, 11) is 0. The summed E-state index contributed by atoms with van der Waals surface area (Å²) in [6.45, 7) is 5.74. The summed E-state index contributed by atoms with van der Waals surface area (Å²) >= 11 is 0. The van der Waals surface area contributed by atoms with Gasteiger partial charge in [-0.1, -0.05) is 0 Å². The maximum absolute atomic E-state index is 12.6. The highest BCUT2D eigenvalue weighted by Gasteiger charge is 2.41. The van der Waals surface area contributed by atoms with Crippen molar-refractivity contribution < 1.29 is 23.0 Å². The van der Waals surface area contributed by atoms with Crippen LogP contribution < -0.4 is 5.32 Å². The third-order valence-corrected chi connectivity index (χ3v) is 4.63. The molecule has 22 heavy (non-hydrogen) atoms. The van der Waals surface area contributed by atoms with E-state index in [1.807, 2.05) is 0 Å². The lowest BCUT2D eigenvalue weighted by molar-refractivity contribution is -0.182. The van der Waals surface area contributed by atoms with E-state index in [4.69, 9.17) is 4.74 Å². The highest BCUT2D eigenvalue weighted by molar-refractivity contribution is 4.86. The molecule has 0 bridgehead atoms. The quantitative estimate of drug-likeness (QED) is 0.809. The summed E-state index contributed by atoms with van der Waals surface area (Å²) in [5.41, 5.74) is -0.877. The summed E-state index contributed by atoms with van der Waals surface area (Å²) in [4.78, 5) is 2.16. The highest BCUT2D eigenvalue weighted by atomic mass is 19.4. The molecular weight excluding hydrogens is 297 g/mol. The number of ether oxygens (including phenoxy) is 1. The molecule has 0 radical (unpaired) electrons. The van der Waals surface area contributed by atoms with Gasteiger partial charge in [0, 0.05) is 32.2 Å². The van der Waals surface area contributed by atoms with Gasteiger partial charge in [-0.2, -0.15) is 13.2 Å². The first-order chi connectivity index (χ1) is 10.3. The Labute approximate surface area is 130 Å². The van der Waals surface area contributed by atoms with E-state index in [1.54, 1.807) is 6.92 Å². The number of β-amino-alcohol motifs (C(OH)–C–C–N with tert-alkyl or cyclic N) is 1. The Kier molecular flexibility index (Phi) is 6.10. The zero-order valence-corrected chi connectivity index (χ0v) is 13.2. The molecule has 0 spiro atoms. The zero-order valence-electron chi connectivity index (χ0n) is 13.2. The van der Waals surface area contributed by atoms with Gasteiger partial charge in [0.2, 0.25) is 0 Å². The molecule has 1 heterocycles. The van der Waals surface area contributed by atoms with Crippen LogP contribution in [0.5, 0.6) is 0 Å². The topological polar surface area (TPSA) is 44.7 Å². The van der Waals surface area contributed by atoms with Gasteiger partial charge in [-0.05, 0) is 32.6 Å². The number of alkyl halides is 3. The van der Waals surface area contributed by atoms with Crippen LogP contribution in [0.2, 0.25) is 0 Å². The third-order valence-electron chi connectivity index (χ3n) is 4.63. The zero-order chi connectivity index (χ0) is 16.2. The fourth-order valence-corrected chi connectivity index (χ4v) is 3.29. The lowest BCUT2D eigenvalue weighted by Crippen LogP contribution is -2.52. The second-order valence-corrected chi connectivity index (χ2v) is 6.86. The van der Waals surface area contributed by atoms with Crippen LogP contribution in [0, 0.1) is 5.92 Å². The molecule has 1 saturated heterocycles. The molecule has 0 aromatic heterocycles. The van der Waals surface area contributed by atoms with E-state index >= 15 is 0 Å². The molecule has 0 aromatic rings. The molecule has 7 heteroatoms. The van der Waals surface area contributed by atoms with Crippen molar-refractivity contribution in [3.63, 3.8) is 0 Å². The number of nitrogens with zero attached hydrogens (tertiary/aromatic N) is 1. The maximum atomic E-state index is 12.6. The largest absolute Gasteiger partial charge is 0.391 e. The molecule has 2 N–H and O–H groups in total. The molecule has 0 amide bonds. The Balaban J connectivity index is 1.69. The van der Waals surface area contributed by atoms with Crippen molar-refractivity contribution in [2.75, 3.05) is 39.4 Å². The molecule has 0 unspecified atom stereocenters. The van der Waals surface area contributed by atoms with Gasteiger partial charge in [0.15, 0.2) is 0 Å². The fraction of sp³-hybridized carbons (Fsp3) is 1.00. The van der Waals surface area contributed by atoms with Crippen LogP contribution in [0.25, 0.3) is 0 Å². The molecule has 2 rings (SSSR count). The molecule has 1 aliphatic carbocycles. The van der Waals surface area contributed by atoms with Crippen molar-refractivity contribution in [2.24, 2.45) is 5.92 Å². The van der Waals surface area contributed by atoms with Crippen molar-refractivity contribution in [1.82, 2.24) is 10.2 Å². The molecule has 130 valence electrons. The van der Waals surface area contributed by atoms with Crippen LogP contribution in [0.1, 0.15) is 32.6 Å². The van der Waals surface area contributed by atoms with Crippen molar-refractivity contribution >= 4 is 0 Å². The van der Waals surface area contributed by atoms with Crippen molar-refractivity contribution in [1.29, 1.82) is 0 Å². The lowest BCUT2D eigenvalue weighted by Gasteiger charge is -2.36.